The Kier molecular flexibility index (Phi) is 4.36. The molecular weight excluding hydrogens is 228 g/mol. The fourth-order valence-corrected chi connectivity index (χ4v) is 2.61. The number of anilines is 1. The molecule has 1 saturated heterocycles. The molecule has 1 aromatic rings. The van der Waals surface area contributed by atoms with Gasteiger partial charge in [0.2, 0.25) is 0 Å². The zero-order chi connectivity index (χ0) is 13.0. The van der Waals surface area contributed by atoms with Gasteiger partial charge in [-0.2, -0.15) is 0 Å². The molecule has 5 nitrogen and oxygen atoms in total. The predicted molar refractivity (Wildman–Crippen MR) is 73.1 cm³/mol. The van der Waals surface area contributed by atoms with E-state index in [1.807, 2.05) is 14.0 Å². The molecule has 0 saturated carbocycles. The summed E-state index contributed by atoms with van der Waals surface area (Å²) in [6.45, 7) is 4.51. The van der Waals surface area contributed by atoms with Gasteiger partial charge in [0.1, 0.15) is 0 Å². The number of hydrogen-bond acceptors (Lipinski definition) is 4. The van der Waals surface area contributed by atoms with E-state index in [2.05, 4.69) is 15.2 Å². The highest BCUT2D eigenvalue weighted by Crippen LogP contribution is 2.20. The molecule has 1 fully saturated rings. The first-order valence-corrected chi connectivity index (χ1v) is 6.74. The first-order chi connectivity index (χ1) is 8.77. The van der Waals surface area contributed by atoms with Gasteiger partial charge in [-0.3, -0.25) is 4.79 Å². The molecule has 0 amide bonds. The molecule has 1 N–H and O–H groups in total. The second-order valence-corrected chi connectivity index (χ2v) is 4.74. The van der Waals surface area contributed by atoms with E-state index in [0.717, 1.165) is 25.9 Å². The second kappa shape index (κ2) is 6.00. The Labute approximate surface area is 108 Å². The average molecular weight is 250 g/mol. The number of nitrogens with zero attached hydrogens (tertiary/aromatic N) is 3. The third-order valence-corrected chi connectivity index (χ3v) is 3.58. The smallest absolute Gasteiger partial charge is 0.293 e. The van der Waals surface area contributed by atoms with Gasteiger partial charge in [-0.25, -0.2) is 4.98 Å². The molecule has 0 aromatic carbocycles. The molecule has 0 spiro atoms. The number of likely N-dealkylation sites (N-methyl/N-ethyl adjacent to an activating group) is 1. The van der Waals surface area contributed by atoms with Gasteiger partial charge in [0.15, 0.2) is 5.82 Å². The number of aryl methyl sites for hydroxylation is 1. The average Bonchev–Trinajstić information content (AvgIpc) is 2.40. The Morgan fingerprint density at radius 3 is 3.06 bits per heavy atom. The van der Waals surface area contributed by atoms with Crippen molar-refractivity contribution in [2.75, 3.05) is 25.0 Å². The predicted octanol–water partition coefficient (Wildman–Crippen LogP) is 0.841. The molecule has 1 aliphatic heterocycles. The second-order valence-electron chi connectivity index (χ2n) is 4.74. The standard InChI is InChI=1S/C13H22N4O/c1-3-16-9-7-15-12(13(16)18)17-8-5-4-6-11(17)10-14-2/h7,9,11,14H,3-6,8,10H2,1-2H3. The van der Waals surface area contributed by atoms with Crippen LogP contribution in [0.15, 0.2) is 17.2 Å². The summed E-state index contributed by atoms with van der Waals surface area (Å²) in [6, 6.07) is 0.386. The summed E-state index contributed by atoms with van der Waals surface area (Å²) in [7, 11) is 1.95. The molecule has 100 valence electrons. The largest absolute Gasteiger partial charge is 0.348 e. The third kappa shape index (κ3) is 2.56. The Bertz CT molecular complexity index is 441. The first kappa shape index (κ1) is 13.1. The van der Waals surface area contributed by atoms with E-state index < -0.39 is 0 Å². The zero-order valence-corrected chi connectivity index (χ0v) is 11.2. The monoisotopic (exact) mass is 250 g/mol. The quantitative estimate of drug-likeness (QED) is 0.860. The molecule has 0 radical (unpaired) electrons. The highest BCUT2D eigenvalue weighted by molar-refractivity contribution is 5.38. The molecule has 2 rings (SSSR count). The highest BCUT2D eigenvalue weighted by atomic mass is 16.1. The van der Waals surface area contributed by atoms with Crippen LogP contribution in [0.5, 0.6) is 0 Å². The normalized spacial score (nSPS) is 20.1. The number of rotatable bonds is 4. The van der Waals surface area contributed by atoms with E-state index >= 15 is 0 Å². The van der Waals surface area contributed by atoms with E-state index in [1.54, 1.807) is 17.0 Å². The molecule has 18 heavy (non-hydrogen) atoms. The van der Waals surface area contributed by atoms with E-state index in [9.17, 15) is 4.79 Å². The first-order valence-electron chi connectivity index (χ1n) is 6.74. The van der Waals surface area contributed by atoms with Crippen LogP contribution in [-0.4, -0.2) is 35.7 Å². The molecule has 1 atom stereocenters. The van der Waals surface area contributed by atoms with Gasteiger partial charge >= 0.3 is 0 Å². The van der Waals surface area contributed by atoms with Crippen LogP contribution in [0.3, 0.4) is 0 Å². The number of nitrogens with one attached hydrogen (secondary N) is 1. The van der Waals surface area contributed by atoms with Gasteiger partial charge in [-0.15, -0.1) is 0 Å². The topological polar surface area (TPSA) is 50.2 Å². The molecule has 1 unspecified atom stereocenters. The highest BCUT2D eigenvalue weighted by Gasteiger charge is 2.25. The molecule has 0 aliphatic carbocycles. The van der Waals surface area contributed by atoms with Crippen molar-refractivity contribution in [1.29, 1.82) is 0 Å². The van der Waals surface area contributed by atoms with Gasteiger partial charge < -0.3 is 14.8 Å². The van der Waals surface area contributed by atoms with Crippen LogP contribution in [-0.2, 0) is 6.54 Å². The lowest BCUT2D eigenvalue weighted by molar-refractivity contribution is 0.441. The summed E-state index contributed by atoms with van der Waals surface area (Å²) in [5.74, 6) is 0.610. The fraction of sp³-hybridized carbons (Fsp3) is 0.692. The third-order valence-electron chi connectivity index (χ3n) is 3.58. The summed E-state index contributed by atoms with van der Waals surface area (Å²) < 4.78 is 1.72. The van der Waals surface area contributed by atoms with Crippen molar-refractivity contribution in [3.8, 4) is 0 Å². The lowest BCUT2D eigenvalue weighted by Crippen LogP contribution is -2.48. The van der Waals surface area contributed by atoms with E-state index in [1.165, 1.54) is 6.42 Å². The summed E-state index contributed by atoms with van der Waals surface area (Å²) in [6.07, 6.45) is 6.98. The molecule has 0 bridgehead atoms. The van der Waals surface area contributed by atoms with Crippen LogP contribution in [0.25, 0.3) is 0 Å². The minimum Gasteiger partial charge on any atom is -0.348 e. The van der Waals surface area contributed by atoms with Crippen LogP contribution in [0.4, 0.5) is 5.82 Å². The summed E-state index contributed by atoms with van der Waals surface area (Å²) in [5.41, 5.74) is 0.0306. The molecule has 5 heteroatoms. The van der Waals surface area contributed by atoms with Crippen LogP contribution in [0.1, 0.15) is 26.2 Å². The Hall–Kier alpha value is -1.36. The lowest BCUT2D eigenvalue weighted by Gasteiger charge is -2.36. The van der Waals surface area contributed by atoms with Crippen molar-refractivity contribution >= 4 is 5.82 Å². The number of piperidine rings is 1. The van der Waals surface area contributed by atoms with Crippen molar-refractivity contribution in [3.05, 3.63) is 22.7 Å². The maximum absolute atomic E-state index is 12.3. The van der Waals surface area contributed by atoms with Crippen LogP contribution in [0, 0.1) is 0 Å². The van der Waals surface area contributed by atoms with E-state index in [4.69, 9.17) is 0 Å². The maximum atomic E-state index is 12.3. The van der Waals surface area contributed by atoms with Crippen molar-refractivity contribution in [1.82, 2.24) is 14.9 Å². The summed E-state index contributed by atoms with van der Waals surface area (Å²) in [4.78, 5) is 18.8. The Balaban J connectivity index is 2.30. The van der Waals surface area contributed by atoms with Gasteiger partial charge in [0.05, 0.1) is 0 Å². The van der Waals surface area contributed by atoms with Crippen molar-refractivity contribution < 1.29 is 0 Å². The van der Waals surface area contributed by atoms with Crippen LogP contribution in [0.2, 0.25) is 0 Å². The molecule has 1 aliphatic rings. The van der Waals surface area contributed by atoms with Crippen LogP contribution >= 0.6 is 0 Å². The van der Waals surface area contributed by atoms with Gasteiger partial charge in [0, 0.05) is 38.1 Å². The van der Waals surface area contributed by atoms with Gasteiger partial charge in [-0.1, -0.05) is 0 Å². The number of aromatic nitrogens is 2. The molecule has 2 heterocycles. The SMILES string of the molecule is CCn1ccnc(N2CCCCC2CNC)c1=O. The summed E-state index contributed by atoms with van der Waals surface area (Å²) in [5, 5.41) is 3.21. The molecular formula is C13H22N4O. The van der Waals surface area contributed by atoms with Crippen LogP contribution < -0.4 is 15.8 Å². The van der Waals surface area contributed by atoms with E-state index in [0.29, 0.717) is 18.4 Å². The minimum atomic E-state index is 0.0306. The van der Waals surface area contributed by atoms with Crippen molar-refractivity contribution in [3.63, 3.8) is 0 Å². The van der Waals surface area contributed by atoms with E-state index in [-0.39, 0.29) is 5.56 Å². The fourth-order valence-electron chi connectivity index (χ4n) is 2.61. The molecule has 1 aromatic heterocycles. The minimum absolute atomic E-state index is 0.0306. The maximum Gasteiger partial charge on any atom is 0.293 e. The van der Waals surface area contributed by atoms with Gasteiger partial charge in [-0.05, 0) is 33.2 Å². The summed E-state index contributed by atoms with van der Waals surface area (Å²) >= 11 is 0. The van der Waals surface area contributed by atoms with Crippen molar-refractivity contribution in [2.45, 2.75) is 38.8 Å². The van der Waals surface area contributed by atoms with Crippen molar-refractivity contribution in [2.24, 2.45) is 0 Å². The van der Waals surface area contributed by atoms with Gasteiger partial charge in [0.25, 0.3) is 5.56 Å². The zero-order valence-electron chi connectivity index (χ0n) is 11.2. The Morgan fingerprint density at radius 1 is 1.50 bits per heavy atom. The Morgan fingerprint density at radius 2 is 2.33 bits per heavy atom. The number of hydrogen-bond donors (Lipinski definition) is 1. The lowest BCUT2D eigenvalue weighted by atomic mass is 10.0.